The minimum absolute atomic E-state index is 0.0704. The number of halogens is 1. The summed E-state index contributed by atoms with van der Waals surface area (Å²) < 4.78 is 0. The standard InChI is InChI=1S/C22H18ClN3O2/c1-13-4-2-5-15(10-13)26(22(24)28)20-9-8-14(11-19(20)23)16-6-3-7-17-18(16)12-25-21(17)27/h2-11H,12H2,1H3,(H2,24,28)(H,25,27). The van der Waals surface area contributed by atoms with Crippen molar-refractivity contribution in [2.75, 3.05) is 4.90 Å². The lowest BCUT2D eigenvalue weighted by Gasteiger charge is -2.23. The van der Waals surface area contributed by atoms with Crippen LogP contribution in [0.5, 0.6) is 0 Å². The highest BCUT2D eigenvalue weighted by atomic mass is 35.5. The summed E-state index contributed by atoms with van der Waals surface area (Å²) in [5.41, 5.74) is 11.2. The van der Waals surface area contributed by atoms with Crippen LogP contribution in [-0.4, -0.2) is 11.9 Å². The molecule has 3 amide bonds. The average Bonchev–Trinajstić information content (AvgIpc) is 3.04. The molecule has 0 fully saturated rings. The number of anilines is 2. The van der Waals surface area contributed by atoms with Gasteiger partial charge in [-0.05, 0) is 59.5 Å². The zero-order valence-corrected chi connectivity index (χ0v) is 16.0. The second kappa shape index (κ2) is 7.02. The van der Waals surface area contributed by atoms with Crippen molar-refractivity contribution in [3.05, 3.63) is 82.4 Å². The number of benzene rings is 3. The predicted molar refractivity (Wildman–Crippen MR) is 111 cm³/mol. The van der Waals surface area contributed by atoms with Gasteiger partial charge in [0.15, 0.2) is 0 Å². The third-order valence-electron chi connectivity index (χ3n) is 4.83. The molecule has 4 rings (SSSR count). The zero-order valence-electron chi connectivity index (χ0n) is 15.2. The Morgan fingerprint density at radius 1 is 1.07 bits per heavy atom. The van der Waals surface area contributed by atoms with Crippen molar-refractivity contribution in [1.29, 1.82) is 0 Å². The van der Waals surface area contributed by atoms with Crippen molar-refractivity contribution in [3.63, 3.8) is 0 Å². The van der Waals surface area contributed by atoms with Crippen LogP contribution in [0.4, 0.5) is 16.2 Å². The molecule has 28 heavy (non-hydrogen) atoms. The van der Waals surface area contributed by atoms with E-state index in [-0.39, 0.29) is 5.91 Å². The summed E-state index contributed by atoms with van der Waals surface area (Å²) in [6, 6.07) is 17.9. The average molecular weight is 392 g/mol. The highest BCUT2D eigenvalue weighted by molar-refractivity contribution is 6.34. The van der Waals surface area contributed by atoms with Crippen molar-refractivity contribution in [2.45, 2.75) is 13.5 Å². The number of aryl methyl sites for hydroxylation is 1. The molecule has 1 aliphatic rings. The molecule has 0 saturated carbocycles. The van der Waals surface area contributed by atoms with Crippen LogP contribution in [0.25, 0.3) is 11.1 Å². The van der Waals surface area contributed by atoms with Gasteiger partial charge in [0, 0.05) is 12.1 Å². The Bertz CT molecular complexity index is 1110. The van der Waals surface area contributed by atoms with Crippen LogP contribution in [-0.2, 0) is 6.54 Å². The molecule has 0 aliphatic carbocycles. The molecule has 0 radical (unpaired) electrons. The van der Waals surface area contributed by atoms with Crippen LogP contribution in [0, 0.1) is 6.92 Å². The number of nitrogens with two attached hydrogens (primary N) is 1. The Labute approximate surface area is 167 Å². The van der Waals surface area contributed by atoms with Crippen LogP contribution < -0.4 is 16.0 Å². The van der Waals surface area contributed by atoms with Crippen molar-refractivity contribution in [2.24, 2.45) is 5.73 Å². The Morgan fingerprint density at radius 2 is 1.82 bits per heavy atom. The molecule has 0 spiro atoms. The molecule has 0 unspecified atom stereocenters. The summed E-state index contributed by atoms with van der Waals surface area (Å²) in [5.74, 6) is -0.0704. The number of carbonyl (C=O) groups excluding carboxylic acids is 2. The van der Waals surface area contributed by atoms with Crippen molar-refractivity contribution in [1.82, 2.24) is 5.32 Å². The number of amides is 3. The van der Waals surface area contributed by atoms with Crippen LogP contribution >= 0.6 is 11.6 Å². The minimum atomic E-state index is -0.615. The SMILES string of the molecule is Cc1cccc(N(C(N)=O)c2ccc(-c3cccc4c3CNC4=O)cc2Cl)c1. The summed E-state index contributed by atoms with van der Waals surface area (Å²) in [4.78, 5) is 25.5. The van der Waals surface area contributed by atoms with Crippen molar-refractivity contribution in [3.8, 4) is 11.1 Å². The van der Waals surface area contributed by atoms with E-state index in [9.17, 15) is 9.59 Å². The van der Waals surface area contributed by atoms with Gasteiger partial charge in [-0.1, -0.05) is 41.9 Å². The van der Waals surface area contributed by atoms with E-state index < -0.39 is 6.03 Å². The molecule has 1 aliphatic heterocycles. The van der Waals surface area contributed by atoms with Crippen molar-refractivity contribution < 1.29 is 9.59 Å². The van der Waals surface area contributed by atoms with E-state index in [4.69, 9.17) is 17.3 Å². The number of fused-ring (bicyclic) bond motifs is 1. The quantitative estimate of drug-likeness (QED) is 0.674. The normalized spacial score (nSPS) is 12.4. The lowest BCUT2D eigenvalue weighted by molar-refractivity contribution is 0.0965. The first-order valence-electron chi connectivity index (χ1n) is 8.82. The second-order valence-electron chi connectivity index (χ2n) is 6.69. The molecule has 6 heteroatoms. The number of nitrogens with zero attached hydrogens (tertiary/aromatic N) is 1. The van der Waals surface area contributed by atoms with Gasteiger partial charge in [-0.2, -0.15) is 0 Å². The lowest BCUT2D eigenvalue weighted by atomic mass is 9.96. The molecule has 140 valence electrons. The molecule has 0 aromatic heterocycles. The molecular weight excluding hydrogens is 374 g/mol. The molecule has 0 saturated heterocycles. The number of urea groups is 1. The van der Waals surface area contributed by atoms with E-state index in [1.807, 2.05) is 55.5 Å². The Kier molecular flexibility index (Phi) is 4.53. The fraction of sp³-hybridized carbons (Fsp3) is 0.0909. The van der Waals surface area contributed by atoms with Crippen LogP contribution in [0.3, 0.4) is 0 Å². The molecule has 1 heterocycles. The van der Waals surface area contributed by atoms with Gasteiger partial charge in [0.2, 0.25) is 0 Å². The summed E-state index contributed by atoms with van der Waals surface area (Å²) in [7, 11) is 0. The third-order valence-corrected chi connectivity index (χ3v) is 5.13. The van der Waals surface area contributed by atoms with E-state index >= 15 is 0 Å². The summed E-state index contributed by atoms with van der Waals surface area (Å²) in [6.45, 7) is 2.43. The number of hydrogen-bond acceptors (Lipinski definition) is 2. The van der Waals surface area contributed by atoms with Crippen molar-refractivity contribution >= 4 is 34.9 Å². The highest BCUT2D eigenvalue weighted by Crippen LogP contribution is 2.37. The first-order chi connectivity index (χ1) is 13.5. The van der Waals surface area contributed by atoms with Gasteiger partial charge in [-0.3, -0.25) is 9.69 Å². The molecule has 0 atom stereocenters. The predicted octanol–water partition coefficient (Wildman–Crippen LogP) is 4.78. The van der Waals surface area contributed by atoms with Gasteiger partial charge in [0.1, 0.15) is 0 Å². The molecule has 3 N–H and O–H groups in total. The number of carbonyl (C=O) groups is 2. The minimum Gasteiger partial charge on any atom is -0.351 e. The Morgan fingerprint density at radius 3 is 2.54 bits per heavy atom. The van der Waals surface area contributed by atoms with Crippen LogP contribution in [0.1, 0.15) is 21.5 Å². The first kappa shape index (κ1) is 18.1. The highest BCUT2D eigenvalue weighted by Gasteiger charge is 2.23. The maximum atomic E-state index is 12.2. The summed E-state index contributed by atoms with van der Waals surface area (Å²) in [6.07, 6.45) is 0. The fourth-order valence-corrected chi connectivity index (χ4v) is 3.80. The van der Waals surface area contributed by atoms with E-state index in [2.05, 4.69) is 5.32 Å². The van der Waals surface area contributed by atoms with E-state index in [0.29, 0.717) is 28.5 Å². The van der Waals surface area contributed by atoms with Gasteiger partial charge in [-0.15, -0.1) is 0 Å². The molecular formula is C22H18ClN3O2. The number of nitrogens with one attached hydrogen (secondary N) is 1. The van der Waals surface area contributed by atoms with E-state index in [1.165, 1.54) is 4.90 Å². The maximum Gasteiger partial charge on any atom is 0.323 e. The number of primary amides is 1. The second-order valence-corrected chi connectivity index (χ2v) is 7.10. The van der Waals surface area contributed by atoms with Gasteiger partial charge in [-0.25, -0.2) is 4.79 Å². The van der Waals surface area contributed by atoms with Crippen LogP contribution in [0.2, 0.25) is 5.02 Å². The molecule has 0 bridgehead atoms. The third kappa shape index (κ3) is 3.10. The maximum absolute atomic E-state index is 12.2. The molecule has 5 nitrogen and oxygen atoms in total. The summed E-state index contributed by atoms with van der Waals surface area (Å²) >= 11 is 6.56. The van der Waals surface area contributed by atoms with Crippen LogP contribution in [0.15, 0.2) is 60.7 Å². The van der Waals surface area contributed by atoms with Gasteiger partial charge >= 0.3 is 6.03 Å². The van der Waals surface area contributed by atoms with E-state index in [1.54, 1.807) is 12.1 Å². The number of hydrogen-bond donors (Lipinski definition) is 2. The fourth-order valence-electron chi connectivity index (χ4n) is 3.53. The molecule has 3 aromatic carbocycles. The van der Waals surface area contributed by atoms with Gasteiger partial charge in [0.05, 0.1) is 16.4 Å². The topological polar surface area (TPSA) is 75.4 Å². The monoisotopic (exact) mass is 391 g/mol. The zero-order chi connectivity index (χ0) is 19.8. The van der Waals surface area contributed by atoms with Gasteiger partial charge < -0.3 is 11.1 Å². The first-order valence-corrected chi connectivity index (χ1v) is 9.20. The Balaban J connectivity index is 1.78. The van der Waals surface area contributed by atoms with E-state index in [0.717, 1.165) is 22.3 Å². The Hall–Kier alpha value is -3.31. The largest absolute Gasteiger partial charge is 0.351 e. The number of rotatable bonds is 3. The summed E-state index contributed by atoms with van der Waals surface area (Å²) in [5, 5.41) is 3.24. The lowest BCUT2D eigenvalue weighted by Crippen LogP contribution is -2.31. The molecule has 3 aromatic rings. The van der Waals surface area contributed by atoms with Gasteiger partial charge in [0.25, 0.3) is 5.91 Å². The smallest absolute Gasteiger partial charge is 0.323 e.